The summed E-state index contributed by atoms with van der Waals surface area (Å²) in [5.41, 5.74) is 0.620. The van der Waals surface area contributed by atoms with Crippen molar-refractivity contribution in [1.29, 1.82) is 0 Å². The van der Waals surface area contributed by atoms with Crippen molar-refractivity contribution < 1.29 is 14.3 Å². The molecule has 2 aliphatic rings. The van der Waals surface area contributed by atoms with Crippen LogP contribution in [0.3, 0.4) is 0 Å². The van der Waals surface area contributed by atoms with E-state index in [9.17, 15) is 9.59 Å². The van der Waals surface area contributed by atoms with Crippen LogP contribution in [0.25, 0.3) is 0 Å². The molecule has 4 atom stereocenters. The van der Waals surface area contributed by atoms with E-state index in [2.05, 4.69) is 19.2 Å². The summed E-state index contributed by atoms with van der Waals surface area (Å²) in [7, 11) is 1.75. The Morgan fingerprint density at radius 1 is 0.902 bits per heavy atom. The first-order chi connectivity index (χ1) is 19.9. The fourth-order valence-corrected chi connectivity index (χ4v) is 7.42. The van der Waals surface area contributed by atoms with Gasteiger partial charge in [0.05, 0.1) is 12.5 Å². The molecule has 1 saturated heterocycles. The van der Waals surface area contributed by atoms with E-state index in [1.807, 2.05) is 59.5 Å². The third-order valence-electron chi connectivity index (χ3n) is 9.76. The summed E-state index contributed by atoms with van der Waals surface area (Å²) in [5, 5.41) is 3.68. The zero-order chi connectivity index (χ0) is 29.2. The molecule has 0 spiro atoms. The van der Waals surface area contributed by atoms with Crippen molar-refractivity contribution in [3.05, 3.63) is 70.7 Å². The first-order valence-electron chi connectivity index (χ1n) is 15.9. The molecule has 0 bridgehead atoms. The molecule has 1 aliphatic carbocycles. The van der Waals surface area contributed by atoms with Gasteiger partial charge in [-0.3, -0.25) is 9.59 Å². The first-order valence-corrected chi connectivity index (χ1v) is 16.2. The number of hydrogen-bond acceptors (Lipinski definition) is 4. The summed E-state index contributed by atoms with van der Waals surface area (Å²) in [6.45, 7) is 6.04. The number of carbonyl (C=O) groups excluding carboxylic acids is 2. The van der Waals surface area contributed by atoms with Gasteiger partial charge in [-0.25, -0.2) is 0 Å². The van der Waals surface area contributed by atoms with E-state index < -0.39 is 17.6 Å². The summed E-state index contributed by atoms with van der Waals surface area (Å²) in [4.78, 5) is 29.3. The monoisotopic (exact) mass is 580 g/mol. The number of nitrogens with zero attached hydrogens (tertiary/aromatic N) is 1. The third kappa shape index (κ3) is 7.53. The average molecular weight is 581 g/mol. The molecule has 2 aromatic rings. The molecule has 1 heterocycles. The second kappa shape index (κ2) is 15.2. The van der Waals surface area contributed by atoms with Gasteiger partial charge in [-0.05, 0) is 44.2 Å². The summed E-state index contributed by atoms with van der Waals surface area (Å²) >= 11 is 6.94. The van der Waals surface area contributed by atoms with Gasteiger partial charge in [0.2, 0.25) is 5.91 Å². The van der Waals surface area contributed by atoms with Gasteiger partial charge in [0.1, 0.15) is 0 Å². The van der Waals surface area contributed by atoms with Crippen LogP contribution in [-0.4, -0.2) is 43.0 Å². The number of esters is 1. The number of amides is 1. The number of piperidine rings is 1. The maximum Gasteiger partial charge on any atom is 0.309 e. The van der Waals surface area contributed by atoms with Crippen LogP contribution in [0.15, 0.2) is 54.6 Å². The number of likely N-dealkylation sites (N-methyl/N-ethyl adjacent to an activating group) is 1. The highest BCUT2D eigenvalue weighted by Gasteiger charge is 2.48. The fraction of sp³-hybridized carbons (Fsp3) is 0.600. The van der Waals surface area contributed by atoms with E-state index >= 15 is 0 Å². The SMILES string of the molecule is CN[C@@H](CC(=O)OC(c1ccccc1)(c1ccccc1Cl)[C@@H](C)C(C)C1CCCCCCC1)C(=O)N1CCCCC1. The molecule has 1 amide bonds. The summed E-state index contributed by atoms with van der Waals surface area (Å²) < 4.78 is 6.76. The zero-order valence-electron chi connectivity index (χ0n) is 25.2. The molecule has 41 heavy (non-hydrogen) atoms. The van der Waals surface area contributed by atoms with E-state index in [0.717, 1.165) is 43.5 Å². The molecule has 0 radical (unpaired) electrons. The van der Waals surface area contributed by atoms with Crippen molar-refractivity contribution in [2.45, 2.75) is 96.1 Å². The highest BCUT2D eigenvalue weighted by atomic mass is 35.5. The van der Waals surface area contributed by atoms with Crippen molar-refractivity contribution >= 4 is 23.5 Å². The Morgan fingerprint density at radius 2 is 1.49 bits per heavy atom. The van der Waals surface area contributed by atoms with E-state index in [0.29, 0.717) is 10.9 Å². The molecule has 6 heteroatoms. The second-order valence-corrected chi connectivity index (χ2v) is 12.6. The van der Waals surface area contributed by atoms with Gasteiger partial charge in [-0.2, -0.15) is 0 Å². The smallest absolute Gasteiger partial charge is 0.309 e. The van der Waals surface area contributed by atoms with Crippen LogP contribution < -0.4 is 5.32 Å². The van der Waals surface area contributed by atoms with E-state index in [-0.39, 0.29) is 24.2 Å². The zero-order valence-corrected chi connectivity index (χ0v) is 26.0. The van der Waals surface area contributed by atoms with Gasteiger partial charge >= 0.3 is 5.97 Å². The topological polar surface area (TPSA) is 58.6 Å². The lowest BCUT2D eigenvalue weighted by atomic mass is 9.66. The van der Waals surface area contributed by atoms with Crippen LogP contribution in [0.4, 0.5) is 0 Å². The van der Waals surface area contributed by atoms with Gasteiger partial charge in [-0.15, -0.1) is 0 Å². The number of halogens is 1. The van der Waals surface area contributed by atoms with Gasteiger partial charge in [0.25, 0.3) is 0 Å². The minimum absolute atomic E-state index is 0.0249. The Balaban J connectivity index is 1.72. The van der Waals surface area contributed by atoms with Gasteiger partial charge in [-0.1, -0.05) is 119 Å². The molecular formula is C35H49ClN2O3. The predicted molar refractivity (Wildman–Crippen MR) is 167 cm³/mol. The molecule has 224 valence electrons. The Kier molecular flexibility index (Phi) is 11.7. The highest BCUT2D eigenvalue weighted by Crippen LogP contribution is 2.49. The molecule has 0 aromatic heterocycles. The van der Waals surface area contributed by atoms with Crippen LogP contribution in [0.2, 0.25) is 5.02 Å². The third-order valence-corrected chi connectivity index (χ3v) is 10.1. The van der Waals surface area contributed by atoms with E-state index in [1.54, 1.807) is 7.05 Å². The van der Waals surface area contributed by atoms with Crippen molar-refractivity contribution in [3.63, 3.8) is 0 Å². The highest BCUT2D eigenvalue weighted by molar-refractivity contribution is 6.31. The Bertz CT molecular complexity index is 1110. The number of benzene rings is 2. The minimum Gasteiger partial charge on any atom is -0.449 e. The molecule has 2 aromatic carbocycles. The van der Waals surface area contributed by atoms with Crippen molar-refractivity contribution in [2.24, 2.45) is 17.8 Å². The maximum atomic E-state index is 14.0. The lowest BCUT2D eigenvalue weighted by Crippen LogP contribution is -2.49. The number of likely N-dealkylation sites (tertiary alicyclic amines) is 1. The number of ether oxygens (including phenoxy) is 1. The quantitative estimate of drug-likeness (QED) is 0.292. The van der Waals surface area contributed by atoms with Crippen molar-refractivity contribution in [2.75, 3.05) is 20.1 Å². The van der Waals surface area contributed by atoms with Crippen LogP contribution in [0, 0.1) is 17.8 Å². The van der Waals surface area contributed by atoms with E-state index in [1.165, 1.54) is 44.9 Å². The largest absolute Gasteiger partial charge is 0.449 e. The van der Waals surface area contributed by atoms with Crippen LogP contribution in [-0.2, 0) is 19.9 Å². The van der Waals surface area contributed by atoms with Gasteiger partial charge < -0.3 is 15.0 Å². The van der Waals surface area contributed by atoms with Crippen LogP contribution >= 0.6 is 11.6 Å². The molecular weight excluding hydrogens is 532 g/mol. The number of nitrogens with one attached hydrogen (secondary N) is 1. The molecule has 2 unspecified atom stereocenters. The second-order valence-electron chi connectivity index (χ2n) is 12.2. The summed E-state index contributed by atoms with van der Waals surface area (Å²) in [5.74, 6) is 0.357. The number of carbonyl (C=O) groups is 2. The lowest BCUT2D eigenvalue weighted by molar-refractivity contribution is -0.166. The standard InChI is InChI=1S/C35H49ClN2O3/c1-26(28-17-9-5-4-6-10-18-28)27(2)35(29-19-11-7-12-20-29,30-21-13-14-22-31(30)36)41-33(39)25-32(37-3)34(40)38-23-15-8-16-24-38/h7,11-14,19-22,26-28,32,37H,4-6,8-10,15-18,23-25H2,1-3H3/t26?,27-,32-,35?/m0/s1. The van der Waals surface area contributed by atoms with E-state index in [4.69, 9.17) is 16.3 Å². The lowest BCUT2D eigenvalue weighted by Gasteiger charge is -2.45. The minimum atomic E-state index is -1.09. The van der Waals surface area contributed by atoms with Crippen molar-refractivity contribution in [1.82, 2.24) is 10.2 Å². The summed E-state index contributed by atoms with van der Waals surface area (Å²) in [6.07, 6.45) is 11.9. The van der Waals surface area contributed by atoms with Crippen LogP contribution in [0.1, 0.15) is 95.6 Å². The molecule has 1 aliphatic heterocycles. The van der Waals surface area contributed by atoms with Gasteiger partial charge in [0.15, 0.2) is 5.60 Å². The molecule has 1 N–H and O–H groups in total. The normalized spacial score (nSPS) is 20.6. The Labute approximate surface area is 252 Å². The average Bonchev–Trinajstić information content (AvgIpc) is 2.99. The Hall–Kier alpha value is -2.37. The fourth-order valence-electron chi connectivity index (χ4n) is 7.15. The number of hydrogen-bond donors (Lipinski definition) is 1. The molecule has 4 rings (SSSR count). The molecule has 2 fully saturated rings. The number of rotatable bonds is 10. The summed E-state index contributed by atoms with van der Waals surface area (Å²) in [6, 6.07) is 17.2. The van der Waals surface area contributed by atoms with Crippen molar-refractivity contribution in [3.8, 4) is 0 Å². The first kappa shape index (κ1) is 31.6. The van der Waals surface area contributed by atoms with Gasteiger partial charge in [0, 0.05) is 35.2 Å². The van der Waals surface area contributed by atoms with Crippen LogP contribution in [0.5, 0.6) is 0 Å². The molecule has 5 nitrogen and oxygen atoms in total. The predicted octanol–water partition coefficient (Wildman–Crippen LogP) is 7.75. The maximum absolute atomic E-state index is 14.0. The Morgan fingerprint density at radius 3 is 2.12 bits per heavy atom. The molecule has 1 saturated carbocycles.